The van der Waals surface area contributed by atoms with Gasteiger partial charge in [-0.15, -0.1) is 4.91 Å². The van der Waals surface area contributed by atoms with Crippen molar-refractivity contribution in [2.24, 2.45) is 10.5 Å². The Bertz CT molecular complexity index is 864. The van der Waals surface area contributed by atoms with Crippen LogP contribution in [0, 0.1) is 17.7 Å². The Labute approximate surface area is 207 Å². The quantitative estimate of drug-likeness (QED) is 0.190. The number of aryl methyl sites for hydroxylation is 1. The van der Waals surface area contributed by atoms with Gasteiger partial charge in [-0.05, 0) is 71.3 Å². The highest BCUT2D eigenvalue weighted by molar-refractivity contribution is 7.99. The summed E-state index contributed by atoms with van der Waals surface area (Å²) in [7, 11) is 4.01. The number of piperidine rings is 1. The monoisotopic (exact) mass is 493 g/mol. The number of benzene rings is 1. The van der Waals surface area contributed by atoms with Crippen molar-refractivity contribution in [2.75, 3.05) is 40.3 Å². The molecule has 34 heavy (non-hydrogen) atoms. The molecule has 0 saturated carbocycles. The largest absolute Gasteiger partial charge is 0.492 e. The van der Waals surface area contributed by atoms with Crippen LogP contribution < -0.4 is 9.47 Å². The molecule has 8 nitrogen and oxygen atoms in total. The van der Waals surface area contributed by atoms with Crippen LogP contribution in [0.2, 0.25) is 0 Å². The van der Waals surface area contributed by atoms with E-state index in [0.29, 0.717) is 38.3 Å². The summed E-state index contributed by atoms with van der Waals surface area (Å²) in [5.74, 6) is 1.08. The Morgan fingerprint density at radius 1 is 1.21 bits per heavy atom. The zero-order valence-electron chi connectivity index (χ0n) is 21.6. The van der Waals surface area contributed by atoms with Gasteiger partial charge in [0.25, 0.3) is 0 Å². The van der Waals surface area contributed by atoms with Gasteiger partial charge in [0, 0.05) is 52.9 Å². The van der Waals surface area contributed by atoms with Crippen LogP contribution in [0.15, 0.2) is 16.7 Å². The number of ether oxygens (including phenoxy) is 2. The molecule has 2 rings (SSSR count). The summed E-state index contributed by atoms with van der Waals surface area (Å²) in [5.41, 5.74) is 1.87. The van der Waals surface area contributed by atoms with Gasteiger partial charge in [0.1, 0.15) is 18.1 Å². The molecule has 1 amide bonds. The van der Waals surface area contributed by atoms with E-state index in [9.17, 15) is 14.5 Å². The zero-order chi connectivity index (χ0) is 25.5. The Balaban J connectivity index is 1.98. The lowest BCUT2D eigenvalue weighted by Gasteiger charge is -2.32. The Morgan fingerprint density at radius 3 is 2.41 bits per heavy atom. The average Bonchev–Trinajstić information content (AvgIpc) is 2.74. The molecular weight excluding hydrogens is 454 g/mol. The fourth-order valence-corrected chi connectivity index (χ4v) is 4.26. The number of rotatable bonds is 11. The number of esters is 1. The highest BCUT2D eigenvalue weighted by atomic mass is 32.2. The van der Waals surface area contributed by atoms with Crippen molar-refractivity contribution in [1.29, 1.82) is 0 Å². The topological polar surface area (TPSA) is 88.5 Å². The van der Waals surface area contributed by atoms with Crippen LogP contribution in [0.3, 0.4) is 0 Å². The maximum atomic E-state index is 12.9. The lowest BCUT2D eigenvalue weighted by Crippen LogP contribution is -2.42. The van der Waals surface area contributed by atoms with E-state index in [1.807, 2.05) is 47.0 Å². The van der Waals surface area contributed by atoms with Gasteiger partial charge < -0.3 is 19.3 Å². The predicted molar refractivity (Wildman–Crippen MR) is 136 cm³/mol. The minimum atomic E-state index is -0.539. The van der Waals surface area contributed by atoms with Gasteiger partial charge in [-0.3, -0.25) is 9.59 Å². The number of likely N-dealkylation sites (tertiary alicyclic amines) is 1. The number of nitroso groups, excluding NO2 is 1. The van der Waals surface area contributed by atoms with E-state index in [2.05, 4.69) is 23.3 Å². The standard InChI is InChI=1S/C25H39N3O5S/c1-17(2)20-15-21(18(3)14-22(20)32-13-12-27(6)7)33-24(30)19-8-10-28(11-9-19)23(29)16-25(4,5)34-26-31/h14-15,17,19H,8-13,16H2,1-7H3. The first kappa shape index (κ1) is 28.1. The molecule has 9 heteroatoms. The van der Waals surface area contributed by atoms with Crippen molar-refractivity contribution < 1.29 is 19.1 Å². The minimum absolute atomic E-state index is 0.0183. The number of carbonyl (C=O) groups excluding carboxylic acids is 2. The molecule has 0 radical (unpaired) electrons. The van der Waals surface area contributed by atoms with Gasteiger partial charge in [0.05, 0.1) is 5.92 Å². The van der Waals surface area contributed by atoms with Crippen LogP contribution in [-0.4, -0.2) is 66.8 Å². The van der Waals surface area contributed by atoms with E-state index in [4.69, 9.17) is 9.47 Å². The van der Waals surface area contributed by atoms with Crippen LogP contribution in [0.25, 0.3) is 0 Å². The van der Waals surface area contributed by atoms with Gasteiger partial charge in [-0.2, -0.15) is 0 Å². The first-order valence-corrected chi connectivity index (χ1v) is 12.6. The van der Waals surface area contributed by atoms with E-state index in [1.165, 1.54) is 0 Å². The second-order valence-electron chi connectivity index (χ2n) is 10.1. The molecule has 0 bridgehead atoms. The molecular formula is C25H39N3O5S. The fraction of sp³-hybridized carbons (Fsp3) is 0.680. The van der Waals surface area contributed by atoms with Crippen molar-refractivity contribution >= 4 is 23.8 Å². The number of hydrogen-bond acceptors (Lipinski definition) is 8. The molecule has 1 aliphatic heterocycles. The Morgan fingerprint density at radius 2 is 1.85 bits per heavy atom. The number of carbonyl (C=O) groups is 2. The smallest absolute Gasteiger partial charge is 0.314 e. The average molecular weight is 494 g/mol. The number of likely N-dealkylation sites (N-methyl/N-ethyl adjacent to an activating group) is 1. The van der Waals surface area contributed by atoms with Gasteiger partial charge in [-0.1, -0.05) is 13.8 Å². The van der Waals surface area contributed by atoms with E-state index in [0.717, 1.165) is 35.4 Å². The molecule has 190 valence electrons. The maximum absolute atomic E-state index is 12.9. The van der Waals surface area contributed by atoms with Crippen LogP contribution in [0.5, 0.6) is 11.5 Å². The summed E-state index contributed by atoms with van der Waals surface area (Å²) in [4.78, 5) is 39.9. The predicted octanol–water partition coefficient (Wildman–Crippen LogP) is 4.79. The lowest BCUT2D eigenvalue weighted by molar-refractivity contribution is -0.143. The zero-order valence-corrected chi connectivity index (χ0v) is 22.4. The maximum Gasteiger partial charge on any atom is 0.314 e. The molecule has 0 spiro atoms. The van der Waals surface area contributed by atoms with Gasteiger partial charge in [-0.25, -0.2) is 0 Å². The Hall–Kier alpha value is -2.13. The van der Waals surface area contributed by atoms with E-state index in [-0.39, 0.29) is 30.1 Å². The van der Waals surface area contributed by atoms with Crippen molar-refractivity contribution in [3.05, 3.63) is 28.2 Å². The van der Waals surface area contributed by atoms with Crippen molar-refractivity contribution in [1.82, 2.24) is 9.80 Å². The lowest BCUT2D eigenvalue weighted by atomic mass is 9.96. The molecule has 0 aliphatic carbocycles. The third kappa shape index (κ3) is 8.27. The van der Waals surface area contributed by atoms with Gasteiger partial charge in [0.15, 0.2) is 0 Å². The second kappa shape index (κ2) is 12.5. The fourth-order valence-electron chi connectivity index (χ4n) is 3.87. The third-order valence-electron chi connectivity index (χ3n) is 5.98. The number of amides is 1. The number of nitrogens with zero attached hydrogens (tertiary/aromatic N) is 3. The Kier molecular flexibility index (Phi) is 10.4. The summed E-state index contributed by atoms with van der Waals surface area (Å²) in [5, 5.41) is 0. The third-order valence-corrected chi connectivity index (χ3v) is 6.69. The second-order valence-corrected chi connectivity index (χ2v) is 11.6. The highest BCUT2D eigenvalue weighted by Crippen LogP contribution is 2.35. The number of hydrogen-bond donors (Lipinski definition) is 0. The van der Waals surface area contributed by atoms with E-state index >= 15 is 0 Å². The van der Waals surface area contributed by atoms with Crippen molar-refractivity contribution in [2.45, 2.75) is 64.5 Å². The van der Waals surface area contributed by atoms with Crippen molar-refractivity contribution in [3.8, 4) is 11.5 Å². The molecule has 0 unspecified atom stereocenters. The molecule has 0 N–H and O–H groups in total. The minimum Gasteiger partial charge on any atom is -0.492 e. The molecule has 1 fully saturated rings. The first-order valence-electron chi connectivity index (χ1n) is 11.9. The van der Waals surface area contributed by atoms with Crippen LogP contribution in [0.1, 0.15) is 64.0 Å². The molecule has 1 heterocycles. The summed E-state index contributed by atoms with van der Waals surface area (Å²) in [6, 6.07) is 3.87. The molecule has 1 aromatic carbocycles. The van der Waals surface area contributed by atoms with Crippen LogP contribution in [0.4, 0.5) is 0 Å². The van der Waals surface area contributed by atoms with Crippen LogP contribution >= 0.6 is 11.9 Å². The summed E-state index contributed by atoms with van der Waals surface area (Å²) in [6.45, 7) is 12.2. The summed E-state index contributed by atoms with van der Waals surface area (Å²) < 4.78 is 14.1. The first-order chi connectivity index (χ1) is 15.9. The van der Waals surface area contributed by atoms with Gasteiger partial charge in [0.2, 0.25) is 5.91 Å². The van der Waals surface area contributed by atoms with Crippen LogP contribution in [-0.2, 0) is 9.59 Å². The normalized spacial score (nSPS) is 15.0. The van der Waals surface area contributed by atoms with Gasteiger partial charge >= 0.3 is 5.97 Å². The SMILES string of the molecule is Cc1cc(OCCN(C)C)c(C(C)C)cc1OC(=O)C1CCN(C(=O)CC(C)(C)SN=O)CC1. The van der Waals surface area contributed by atoms with Crippen molar-refractivity contribution in [3.63, 3.8) is 0 Å². The molecule has 1 aromatic rings. The van der Waals surface area contributed by atoms with E-state index < -0.39 is 4.75 Å². The molecule has 1 aliphatic rings. The summed E-state index contributed by atoms with van der Waals surface area (Å²) in [6.07, 6.45) is 1.36. The highest BCUT2D eigenvalue weighted by Gasteiger charge is 2.32. The molecule has 0 atom stereocenters. The molecule has 1 saturated heterocycles. The molecule has 0 aromatic heterocycles. The summed E-state index contributed by atoms with van der Waals surface area (Å²) >= 11 is 0.880. The van der Waals surface area contributed by atoms with E-state index in [1.54, 1.807) is 4.90 Å².